The molecule has 0 aliphatic rings. The standard InChI is InChI=1S/C21H15ClF2N2/c1-13-9-16(10-17(12-25)15-3-5-18(23)6-4-15)14(2)26(13)19-7-8-21(24)20(22)11-19/h3-11H,1-2H3. The molecular weight excluding hydrogens is 354 g/mol. The highest BCUT2D eigenvalue weighted by Gasteiger charge is 2.12. The largest absolute Gasteiger partial charge is 0.318 e. The number of rotatable bonds is 3. The van der Waals surface area contributed by atoms with Gasteiger partial charge in [-0.25, -0.2) is 8.78 Å². The van der Waals surface area contributed by atoms with Crippen molar-refractivity contribution in [3.05, 3.63) is 87.7 Å². The van der Waals surface area contributed by atoms with E-state index in [1.54, 1.807) is 30.3 Å². The summed E-state index contributed by atoms with van der Waals surface area (Å²) in [6.45, 7) is 3.83. The first-order valence-electron chi connectivity index (χ1n) is 7.93. The molecule has 1 heterocycles. The second-order valence-electron chi connectivity index (χ2n) is 5.94. The Morgan fingerprint density at radius 2 is 1.77 bits per heavy atom. The maximum absolute atomic E-state index is 13.4. The summed E-state index contributed by atoms with van der Waals surface area (Å²) in [7, 11) is 0. The molecule has 26 heavy (non-hydrogen) atoms. The average molecular weight is 369 g/mol. The van der Waals surface area contributed by atoms with Crippen LogP contribution in [0.15, 0.2) is 48.5 Å². The van der Waals surface area contributed by atoms with Crippen molar-refractivity contribution in [2.75, 3.05) is 0 Å². The van der Waals surface area contributed by atoms with Gasteiger partial charge in [0.25, 0.3) is 0 Å². The van der Waals surface area contributed by atoms with E-state index in [0.29, 0.717) is 11.1 Å². The summed E-state index contributed by atoms with van der Waals surface area (Å²) < 4.78 is 28.5. The van der Waals surface area contributed by atoms with Crippen LogP contribution < -0.4 is 0 Å². The predicted molar refractivity (Wildman–Crippen MR) is 100 cm³/mol. The van der Waals surface area contributed by atoms with Crippen molar-refractivity contribution in [3.8, 4) is 11.8 Å². The van der Waals surface area contributed by atoms with Crippen molar-refractivity contribution in [1.82, 2.24) is 4.57 Å². The molecule has 0 spiro atoms. The minimum Gasteiger partial charge on any atom is -0.318 e. The van der Waals surface area contributed by atoms with Crippen LogP contribution in [0.4, 0.5) is 8.78 Å². The molecule has 0 atom stereocenters. The molecule has 0 saturated carbocycles. The maximum atomic E-state index is 13.4. The number of aryl methyl sites for hydroxylation is 1. The molecule has 3 rings (SSSR count). The van der Waals surface area contributed by atoms with E-state index in [4.69, 9.17) is 11.6 Å². The first-order chi connectivity index (χ1) is 12.4. The molecular formula is C21H15ClF2N2. The third kappa shape index (κ3) is 3.40. The summed E-state index contributed by atoms with van der Waals surface area (Å²) in [6.07, 6.45) is 1.76. The smallest absolute Gasteiger partial charge is 0.141 e. The lowest BCUT2D eigenvalue weighted by Gasteiger charge is -2.10. The summed E-state index contributed by atoms with van der Waals surface area (Å²) in [5.74, 6) is -0.821. The van der Waals surface area contributed by atoms with Gasteiger partial charge < -0.3 is 4.57 Å². The van der Waals surface area contributed by atoms with Gasteiger partial charge in [0.2, 0.25) is 0 Å². The van der Waals surface area contributed by atoms with Crippen LogP contribution in [0.25, 0.3) is 17.3 Å². The number of benzene rings is 2. The van der Waals surface area contributed by atoms with Crippen LogP contribution in [0.2, 0.25) is 5.02 Å². The second-order valence-corrected chi connectivity index (χ2v) is 6.34. The minimum atomic E-state index is -0.471. The van der Waals surface area contributed by atoms with Gasteiger partial charge in [-0.05, 0) is 67.4 Å². The fraction of sp³-hybridized carbons (Fsp3) is 0.0952. The van der Waals surface area contributed by atoms with E-state index in [1.807, 2.05) is 24.5 Å². The summed E-state index contributed by atoms with van der Waals surface area (Å²) >= 11 is 5.90. The quantitative estimate of drug-likeness (QED) is 0.514. The Balaban J connectivity index is 2.08. The van der Waals surface area contributed by atoms with E-state index in [-0.39, 0.29) is 10.8 Å². The number of aromatic nitrogens is 1. The zero-order valence-corrected chi connectivity index (χ0v) is 15.0. The van der Waals surface area contributed by atoms with Crippen molar-refractivity contribution >= 4 is 23.3 Å². The number of nitriles is 1. The van der Waals surface area contributed by atoms with E-state index in [2.05, 4.69) is 6.07 Å². The number of hydrogen-bond acceptors (Lipinski definition) is 1. The van der Waals surface area contributed by atoms with Crippen LogP contribution in [0.5, 0.6) is 0 Å². The number of allylic oxidation sites excluding steroid dienone is 1. The van der Waals surface area contributed by atoms with Crippen molar-refractivity contribution in [2.24, 2.45) is 0 Å². The lowest BCUT2D eigenvalue weighted by molar-refractivity contribution is 0.627. The van der Waals surface area contributed by atoms with Crippen LogP contribution in [0, 0.1) is 36.8 Å². The highest BCUT2D eigenvalue weighted by atomic mass is 35.5. The number of hydrogen-bond donors (Lipinski definition) is 0. The number of nitrogens with zero attached hydrogens (tertiary/aromatic N) is 2. The molecule has 0 fully saturated rings. The lowest BCUT2D eigenvalue weighted by atomic mass is 10.0. The normalized spacial score (nSPS) is 11.5. The van der Waals surface area contributed by atoms with Gasteiger partial charge in [-0.2, -0.15) is 5.26 Å². The lowest BCUT2D eigenvalue weighted by Crippen LogP contribution is -1.99. The van der Waals surface area contributed by atoms with Gasteiger partial charge >= 0.3 is 0 Å². The molecule has 2 nitrogen and oxygen atoms in total. The van der Waals surface area contributed by atoms with Crippen LogP contribution in [-0.4, -0.2) is 4.57 Å². The van der Waals surface area contributed by atoms with Crippen LogP contribution in [-0.2, 0) is 0 Å². The summed E-state index contributed by atoms with van der Waals surface area (Å²) in [5, 5.41) is 9.54. The molecule has 1 aromatic heterocycles. The van der Waals surface area contributed by atoms with Crippen LogP contribution in [0.3, 0.4) is 0 Å². The molecule has 0 bridgehead atoms. The predicted octanol–water partition coefficient (Wildman–Crippen LogP) is 6.09. The Hall–Kier alpha value is -2.90. The molecule has 0 N–H and O–H groups in total. The van der Waals surface area contributed by atoms with Crippen molar-refractivity contribution in [1.29, 1.82) is 5.26 Å². The molecule has 0 saturated heterocycles. The van der Waals surface area contributed by atoms with E-state index in [1.165, 1.54) is 18.2 Å². The number of halogens is 3. The van der Waals surface area contributed by atoms with Crippen molar-refractivity contribution in [2.45, 2.75) is 13.8 Å². The molecule has 3 aromatic rings. The minimum absolute atomic E-state index is 0.0520. The fourth-order valence-corrected chi connectivity index (χ4v) is 3.10. The molecule has 0 aliphatic carbocycles. The zero-order valence-electron chi connectivity index (χ0n) is 14.2. The monoisotopic (exact) mass is 368 g/mol. The first-order valence-corrected chi connectivity index (χ1v) is 8.30. The first kappa shape index (κ1) is 17.9. The molecule has 0 amide bonds. The highest BCUT2D eigenvalue weighted by Crippen LogP contribution is 2.27. The topological polar surface area (TPSA) is 28.7 Å². The SMILES string of the molecule is Cc1cc(C=C(C#N)c2ccc(F)cc2)c(C)n1-c1ccc(F)c(Cl)c1. The van der Waals surface area contributed by atoms with E-state index >= 15 is 0 Å². The Bertz CT molecular complexity index is 1040. The van der Waals surface area contributed by atoms with Gasteiger partial charge in [0.05, 0.1) is 16.7 Å². The van der Waals surface area contributed by atoms with Gasteiger partial charge in [-0.15, -0.1) is 0 Å². The van der Waals surface area contributed by atoms with Crippen molar-refractivity contribution in [3.63, 3.8) is 0 Å². The second kappa shape index (κ2) is 7.15. The average Bonchev–Trinajstić information content (AvgIpc) is 2.90. The summed E-state index contributed by atoms with van der Waals surface area (Å²) in [4.78, 5) is 0. The third-order valence-corrected chi connectivity index (χ3v) is 4.50. The zero-order chi connectivity index (χ0) is 18.8. The van der Waals surface area contributed by atoms with E-state index in [9.17, 15) is 14.0 Å². The maximum Gasteiger partial charge on any atom is 0.141 e. The Labute approximate surface area is 155 Å². The van der Waals surface area contributed by atoms with Crippen LogP contribution >= 0.6 is 11.6 Å². The van der Waals surface area contributed by atoms with E-state index in [0.717, 1.165) is 22.6 Å². The molecule has 0 radical (unpaired) electrons. The summed E-state index contributed by atoms with van der Waals surface area (Å²) in [5.41, 5.74) is 4.48. The molecule has 2 aromatic carbocycles. The Morgan fingerprint density at radius 1 is 1.08 bits per heavy atom. The molecule has 5 heteroatoms. The van der Waals surface area contributed by atoms with Gasteiger partial charge in [-0.1, -0.05) is 23.7 Å². The molecule has 0 aliphatic heterocycles. The van der Waals surface area contributed by atoms with Gasteiger partial charge in [0, 0.05) is 17.1 Å². The molecule has 130 valence electrons. The highest BCUT2D eigenvalue weighted by molar-refractivity contribution is 6.30. The van der Waals surface area contributed by atoms with Gasteiger partial charge in [-0.3, -0.25) is 0 Å². The Morgan fingerprint density at radius 3 is 2.38 bits per heavy atom. The van der Waals surface area contributed by atoms with Gasteiger partial charge in [0.15, 0.2) is 0 Å². The van der Waals surface area contributed by atoms with Gasteiger partial charge in [0.1, 0.15) is 11.6 Å². The fourth-order valence-electron chi connectivity index (χ4n) is 2.92. The Kier molecular flexibility index (Phi) is 4.92. The summed E-state index contributed by atoms with van der Waals surface area (Å²) in [6, 6.07) is 14.4. The van der Waals surface area contributed by atoms with Crippen LogP contribution in [0.1, 0.15) is 22.5 Å². The third-order valence-electron chi connectivity index (χ3n) is 4.21. The van der Waals surface area contributed by atoms with Crippen molar-refractivity contribution < 1.29 is 8.78 Å². The molecule has 0 unspecified atom stereocenters. The van der Waals surface area contributed by atoms with E-state index < -0.39 is 5.82 Å².